The molecular weight excluding hydrogens is 266 g/mol. The van der Waals surface area contributed by atoms with Gasteiger partial charge in [-0.25, -0.2) is 0 Å². The zero-order chi connectivity index (χ0) is 14.8. The molecule has 1 aromatic carbocycles. The highest BCUT2D eigenvalue weighted by atomic mass is 14.7. The van der Waals surface area contributed by atoms with Gasteiger partial charge in [0.1, 0.15) is 0 Å². The monoisotopic (exact) mass is 281 g/mol. The Kier molecular flexibility index (Phi) is 3.17. The van der Waals surface area contributed by atoms with E-state index in [-0.39, 0.29) is 0 Å². The Bertz CT molecular complexity index is 866. The number of pyridine rings is 1. The van der Waals surface area contributed by atoms with Gasteiger partial charge in [-0.1, -0.05) is 66.7 Å². The first-order chi connectivity index (χ1) is 10.9. The molecule has 0 unspecified atom stereocenters. The number of hydrogen-bond acceptors (Lipinski definition) is 1. The third kappa shape index (κ3) is 2.27. The molecule has 0 bridgehead atoms. The van der Waals surface area contributed by atoms with Crippen molar-refractivity contribution in [2.75, 3.05) is 0 Å². The van der Waals surface area contributed by atoms with Crippen LogP contribution in [0.4, 0.5) is 0 Å². The number of fused-ring (bicyclic) bond motifs is 1. The van der Waals surface area contributed by atoms with Crippen molar-refractivity contribution in [2.24, 2.45) is 0 Å². The molecule has 0 N–H and O–H groups in total. The maximum absolute atomic E-state index is 4.47. The van der Waals surface area contributed by atoms with Crippen molar-refractivity contribution < 1.29 is 0 Å². The molecule has 0 atom stereocenters. The second-order valence-electron chi connectivity index (χ2n) is 5.32. The van der Waals surface area contributed by atoms with Crippen molar-refractivity contribution in [2.45, 2.75) is 0 Å². The zero-order valence-corrected chi connectivity index (χ0v) is 12.1. The van der Waals surface area contributed by atoms with Crippen LogP contribution in [-0.4, -0.2) is 4.98 Å². The molecule has 1 heterocycles. The number of benzene rings is 1. The van der Waals surface area contributed by atoms with Gasteiger partial charge in [-0.15, -0.1) is 0 Å². The Hall–Kier alpha value is -2.93. The van der Waals surface area contributed by atoms with Gasteiger partial charge in [-0.2, -0.15) is 0 Å². The van der Waals surface area contributed by atoms with Crippen LogP contribution in [-0.2, 0) is 0 Å². The van der Waals surface area contributed by atoms with Crippen LogP contribution in [0, 0.1) is 0 Å². The van der Waals surface area contributed by atoms with Crippen molar-refractivity contribution in [3.63, 3.8) is 0 Å². The standard InChI is InChI=1S/C21H15N/c1-2-7-16(8-3-1)17-9-6-10-19-18(15-17)12-13-20(19)21-11-4-5-14-22-21/h1-15H. The third-order valence-electron chi connectivity index (χ3n) is 3.93. The van der Waals surface area contributed by atoms with Gasteiger partial charge < -0.3 is 0 Å². The fraction of sp³-hybridized carbons (Fsp3) is 0. The molecule has 0 aliphatic heterocycles. The summed E-state index contributed by atoms with van der Waals surface area (Å²) in [5.74, 6) is 0. The van der Waals surface area contributed by atoms with Gasteiger partial charge in [0.25, 0.3) is 0 Å². The quantitative estimate of drug-likeness (QED) is 0.471. The fourth-order valence-corrected chi connectivity index (χ4v) is 2.84. The summed E-state index contributed by atoms with van der Waals surface area (Å²) in [5, 5.41) is 0. The summed E-state index contributed by atoms with van der Waals surface area (Å²) in [6, 6.07) is 29.5. The molecule has 1 aromatic heterocycles. The van der Waals surface area contributed by atoms with E-state index in [1.165, 1.54) is 27.8 Å². The minimum absolute atomic E-state index is 1.02. The molecule has 0 amide bonds. The average molecular weight is 281 g/mol. The predicted octanol–water partition coefficient (Wildman–Crippen LogP) is 5.52. The normalized spacial score (nSPS) is 10.7. The highest BCUT2D eigenvalue weighted by Crippen LogP contribution is 2.35. The molecule has 0 saturated heterocycles. The highest BCUT2D eigenvalue weighted by molar-refractivity contribution is 5.86. The number of rotatable bonds is 2. The lowest BCUT2D eigenvalue weighted by molar-refractivity contribution is 1.33. The lowest BCUT2D eigenvalue weighted by atomic mass is 10.0. The molecule has 0 fully saturated rings. The second-order valence-corrected chi connectivity index (χ2v) is 5.32. The molecule has 0 saturated carbocycles. The van der Waals surface area contributed by atoms with Crippen molar-refractivity contribution >= 4 is 0 Å². The second kappa shape index (κ2) is 5.45. The van der Waals surface area contributed by atoms with Gasteiger partial charge in [0.05, 0.1) is 5.69 Å². The molecule has 4 rings (SSSR count). The molecule has 1 nitrogen and oxygen atoms in total. The molecule has 0 radical (unpaired) electrons. The summed E-state index contributed by atoms with van der Waals surface area (Å²) in [6.07, 6.45) is 1.84. The minimum atomic E-state index is 1.02. The largest absolute Gasteiger partial charge is 0.256 e. The summed E-state index contributed by atoms with van der Waals surface area (Å²) in [7, 11) is 0. The topological polar surface area (TPSA) is 12.9 Å². The Morgan fingerprint density at radius 2 is 1.32 bits per heavy atom. The van der Waals surface area contributed by atoms with E-state index in [4.69, 9.17) is 0 Å². The van der Waals surface area contributed by atoms with Gasteiger partial charge in [0, 0.05) is 11.8 Å². The number of aromatic nitrogens is 1. The maximum atomic E-state index is 4.47. The molecule has 2 aliphatic rings. The van der Waals surface area contributed by atoms with E-state index < -0.39 is 0 Å². The van der Waals surface area contributed by atoms with Crippen LogP contribution in [0.2, 0.25) is 0 Å². The van der Waals surface area contributed by atoms with Crippen LogP contribution in [0.15, 0.2) is 91.1 Å². The molecule has 2 aliphatic carbocycles. The van der Waals surface area contributed by atoms with Crippen LogP contribution in [0.1, 0.15) is 0 Å². The molecule has 104 valence electrons. The summed E-state index contributed by atoms with van der Waals surface area (Å²) >= 11 is 0. The third-order valence-corrected chi connectivity index (χ3v) is 3.93. The Morgan fingerprint density at radius 1 is 0.500 bits per heavy atom. The van der Waals surface area contributed by atoms with Crippen LogP contribution < -0.4 is 0 Å². The highest BCUT2D eigenvalue weighted by Gasteiger charge is 2.11. The number of hydrogen-bond donors (Lipinski definition) is 0. The molecule has 2 aromatic rings. The van der Waals surface area contributed by atoms with E-state index in [2.05, 4.69) is 71.7 Å². The van der Waals surface area contributed by atoms with Crippen molar-refractivity contribution in [3.8, 4) is 33.5 Å². The molecule has 0 spiro atoms. The van der Waals surface area contributed by atoms with E-state index in [0.29, 0.717) is 0 Å². The van der Waals surface area contributed by atoms with E-state index in [1.54, 1.807) is 0 Å². The van der Waals surface area contributed by atoms with Gasteiger partial charge in [-0.05, 0) is 40.5 Å². The summed E-state index contributed by atoms with van der Waals surface area (Å²) in [5.41, 5.74) is 7.15. The van der Waals surface area contributed by atoms with Crippen LogP contribution in [0.25, 0.3) is 33.5 Å². The average Bonchev–Trinajstić information content (AvgIpc) is 2.86. The molecule has 22 heavy (non-hydrogen) atoms. The SMILES string of the molecule is c1ccc(-c2cccc3c(-c4ccccn4)ccc-3c2)cc1. The minimum Gasteiger partial charge on any atom is -0.256 e. The first-order valence-corrected chi connectivity index (χ1v) is 7.41. The Balaban J connectivity index is 1.84. The molecular formula is C21H15N. The summed E-state index contributed by atoms with van der Waals surface area (Å²) in [4.78, 5) is 4.47. The van der Waals surface area contributed by atoms with Gasteiger partial charge in [-0.3, -0.25) is 4.98 Å². The summed E-state index contributed by atoms with van der Waals surface area (Å²) < 4.78 is 0. The maximum Gasteiger partial charge on any atom is 0.0708 e. The lowest BCUT2D eigenvalue weighted by Gasteiger charge is -2.01. The van der Waals surface area contributed by atoms with E-state index in [9.17, 15) is 0 Å². The number of nitrogens with zero attached hydrogens (tertiary/aromatic N) is 1. The van der Waals surface area contributed by atoms with Gasteiger partial charge >= 0.3 is 0 Å². The lowest BCUT2D eigenvalue weighted by Crippen LogP contribution is -1.80. The predicted molar refractivity (Wildman–Crippen MR) is 91.7 cm³/mol. The van der Waals surface area contributed by atoms with E-state index in [0.717, 1.165) is 5.69 Å². The van der Waals surface area contributed by atoms with Crippen LogP contribution >= 0.6 is 0 Å². The summed E-state index contributed by atoms with van der Waals surface area (Å²) in [6.45, 7) is 0. The first-order valence-electron chi connectivity index (χ1n) is 7.41. The first kappa shape index (κ1) is 12.8. The zero-order valence-electron chi connectivity index (χ0n) is 12.1. The fourth-order valence-electron chi connectivity index (χ4n) is 2.84. The van der Waals surface area contributed by atoms with Gasteiger partial charge in [0.2, 0.25) is 0 Å². The van der Waals surface area contributed by atoms with E-state index >= 15 is 0 Å². The molecule has 1 heteroatoms. The Labute approximate surface area is 130 Å². The Morgan fingerprint density at radius 3 is 2.14 bits per heavy atom. The smallest absolute Gasteiger partial charge is 0.0708 e. The van der Waals surface area contributed by atoms with Crippen LogP contribution in [0.3, 0.4) is 0 Å². The van der Waals surface area contributed by atoms with Gasteiger partial charge in [0.15, 0.2) is 0 Å². The van der Waals surface area contributed by atoms with Crippen molar-refractivity contribution in [1.29, 1.82) is 0 Å². The van der Waals surface area contributed by atoms with Crippen LogP contribution in [0.5, 0.6) is 0 Å². The van der Waals surface area contributed by atoms with Crippen molar-refractivity contribution in [1.82, 2.24) is 4.98 Å². The van der Waals surface area contributed by atoms with Crippen molar-refractivity contribution in [3.05, 3.63) is 91.1 Å². The van der Waals surface area contributed by atoms with E-state index in [1.807, 2.05) is 24.4 Å².